The smallest absolute Gasteiger partial charge is 0.411 e. The largest absolute Gasteiger partial charge is 0.446 e. The number of amides is 2. The van der Waals surface area contributed by atoms with Crippen molar-refractivity contribution in [2.75, 3.05) is 5.32 Å². The molecule has 0 spiro atoms. The number of carbonyl (C=O) groups excluding carboxylic acids is 2. The second-order valence-electron chi connectivity index (χ2n) is 6.93. The van der Waals surface area contributed by atoms with Crippen molar-refractivity contribution < 1.29 is 14.3 Å². The Kier molecular flexibility index (Phi) is 6.85. The molecule has 5 nitrogen and oxygen atoms in total. The molecule has 5 heteroatoms. The third-order valence-corrected chi connectivity index (χ3v) is 4.77. The third kappa shape index (κ3) is 6.44. The van der Waals surface area contributed by atoms with Crippen molar-refractivity contribution in [1.82, 2.24) is 5.32 Å². The molecule has 0 heterocycles. The molecule has 1 saturated carbocycles. The van der Waals surface area contributed by atoms with Crippen molar-refractivity contribution in [2.24, 2.45) is 0 Å². The van der Waals surface area contributed by atoms with E-state index in [2.05, 4.69) is 10.6 Å². The molecule has 0 aromatic heterocycles. The minimum Gasteiger partial charge on any atom is -0.446 e. The van der Waals surface area contributed by atoms with Crippen LogP contribution < -0.4 is 10.6 Å². The third-order valence-electron chi connectivity index (χ3n) is 4.77. The number of nitrogens with one attached hydrogen (secondary N) is 2. The Balaban J connectivity index is 1.40. The van der Waals surface area contributed by atoms with E-state index in [1.165, 1.54) is 0 Å². The van der Waals surface area contributed by atoms with Gasteiger partial charge in [-0.2, -0.15) is 0 Å². The van der Waals surface area contributed by atoms with E-state index in [0.717, 1.165) is 31.2 Å². The first-order chi connectivity index (χ1) is 13.2. The highest BCUT2D eigenvalue weighted by molar-refractivity contribution is 5.84. The van der Waals surface area contributed by atoms with Crippen LogP contribution in [0.5, 0.6) is 0 Å². The van der Waals surface area contributed by atoms with E-state index in [1.54, 1.807) is 0 Å². The van der Waals surface area contributed by atoms with Gasteiger partial charge in [0.1, 0.15) is 6.10 Å². The van der Waals surface area contributed by atoms with Crippen LogP contribution in [0.2, 0.25) is 0 Å². The van der Waals surface area contributed by atoms with Gasteiger partial charge in [0.25, 0.3) is 0 Å². The number of anilines is 1. The molecular formula is C22H26N2O3. The lowest BCUT2D eigenvalue weighted by atomic mass is 9.92. The van der Waals surface area contributed by atoms with Crippen LogP contribution >= 0.6 is 0 Å². The topological polar surface area (TPSA) is 67.4 Å². The van der Waals surface area contributed by atoms with Crippen LogP contribution in [0.3, 0.4) is 0 Å². The molecule has 1 aliphatic rings. The van der Waals surface area contributed by atoms with Crippen LogP contribution in [-0.2, 0) is 16.0 Å². The number of rotatable bonds is 6. The van der Waals surface area contributed by atoms with Crippen LogP contribution in [0.4, 0.5) is 10.5 Å². The van der Waals surface area contributed by atoms with Gasteiger partial charge in [0.05, 0.1) is 0 Å². The van der Waals surface area contributed by atoms with E-state index in [1.807, 2.05) is 60.7 Å². The molecule has 2 aromatic rings. The number of carbonyl (C=O) groups is 2. The van der Waals surface area contributed by atoms with Gasteiger partial charge in [-0.05, 0) is 43.4 Å². The quantitative estimate of drug-likeness (QED) is 0.801. The van der Waals surface area contributed by atoms with E-state index in [9.17, 15) is 9.59 Å². The van der Waals surface area contributed by atoms with E-state index >= 15 is 0 Å². The van der Waals surface area contributed by atoms with Crippen LogP contribution in [0, 0.1) is 0 Å². The average Bonchev–Trinajstić information content (AvgIpc) is 2.68. The monoisotopic (exact) mass is 366 g/mol. The SMILES string of the molecule is O=C(CCc1ccccc1)NC1CCCC(OC(=O)Nc2ccccc2)C1. The Bertz CT molecular complexity index is 734. The summed E-state index contributed by atoms with van der Waals surface area (Å²) in [5, 5.41) is 5.83. The van der Waals surface area contributed by atoms with Crippen molar-refractivity contribution >= 4 is 17.7 Å². The summed E-state index contributed by atoms with van der Waals surface area (Å²) in [6.07, 6.45) is 3.96. The molecule has 0 radical (unpaired) electrons. The first-order valence-corrected chi connectivity index (χ1v) is 9.55. The van der Waals surface area contributed by atoms with Gasteiger partial charge in [0, 0.05) is 24.6 Å². The average molecular weight is 366 g/mol. The Morgan fingerprint density at radius 1 is 0.963 bits per heavy atom. The molecule has 2 atom stereocenters. The maximum Gasteiger partial charge on any atom is 0.411 e. The molecule has 0 bridgehead atoms. The van der Waals surface area contributed by atoms with Crippen LogP contribution in [0.1, 0.15) is 37.7 Å². The van der Waals surface area contributed by atoms with Crippen molar-refractivity contribution in [1.29, 1.82) is 0 Å². The maximum absolute atomic E-state index is 12.2. The Morgan fingerprint density at radius 2 is 1.67 bits per heavy atom. The molecule has 2 aromatic carbocycles. The standard InChI is InChI=1S/C22H26N2O3/c25-21(15-14-17-8-3-1-4-9-17)23-19-12-7-13-20(16-19)27-22(26)24-18-10-5-2-6-11-18/h1-6,8-11,19-20H,7,12-16H2,(H,23,25)(H,24,26). The minimum atomic E-state index is -0.442. The predicted molar refractivity (Wildman–Crippen MR) is 105 cm³/mol. The van der Waals surface area contributed by atoms with Crippen molar-refractivity contribution in [3.05, 3.63) is 66.2 Å². The fourth-order valence-corrected chi connectivity index (χ4v) is 3.41. The first kappa shape index (κ1) is 19.0. The highest BCUT2D eigenvalue weighted by Gasteiger charge is 2.26. The molecule has 27 heavy (non-hydrogen) atoms. The van der Waals surface area contributed by atoms with Gasteiger partial charge in [-0.1, -0.05) is 48.5 Å². The lowest BCUT2D eigenvalue weighted by Gasteiger charge is -2.29. The number of para-hydroxylation sites is 1. The molecule has 1 aliphatic carbocycles. The molecule has 3 rings (SSSR count). The Labute approximate surface area is 160 Å². The van der Waals surface area contributed by atoms with Gasteiger partial charge < -0.3 is 10.1 Å². The molecule has 0 aliphatic heterocycles. The normalized spacial score (nSPS) is 19.1. The lowest BCUT2D eigenvalue weighted by molar-refractivity contribution is -0.122. The Morgan fingerprint density at radius 3 is 2.41 bits per heavy atom. The maximum atomic E-state index is 12.2. The zero-order chi connectivity index (χ0) is 18.9. The lowest BCUT2D eigenvalue weighted by Crippen LogP contribution is -2.41. The van der Waals surface area contributed by atoms with Gasteiger partial charge in [-0.3, -0.25) is 10.1 Å². The summed E-state index contributed by atoms with van der Waals surface area (Å²) in [5.74, 6) is 0.0539. The second-order valence-corrected chi connectivity index (χ2v) is 6.93. The number of ether oxygens (including phenoxy) is 1. The van der Waals surface area contributed by atoms with E-state index in [0.29, 0.717) is 18.5 Å². The van der Waals surface area contributed by atoms with Crippen LogP contribution in [0.25, 0.3) is 0 Å². The van der Waals surface area contributed by atoms with Gasteiger partial charge >= 0.3 is 6.09 Å². The van der Waals surface area contributed by atoms with Crippen LogP contribution in [-0.4, -0.2) is 24.1 Å². The fraction of sp³-hybridized carbons (Fsp3) is 0.364. The minimum absolute atomic E-state index is 0.0539. The van der Waals surface area contributed by atoms with Crippen molar-refractivity contribution in [2.45, 2.75) is 50.7 Å². The van der Waals surface area contributed by atoms with E-state index < -0.39 is 6.09 Å². The summed E-state index contributed by atoms with van der Waals surface area (Å²) in [6, 6.07) is 19.3. The zero-order valence-corrected chi connectivity index (χ0v) is 15.4. The highest BCUT2D eigenvalue weighted by Crippen LogP contribution is 2.22. The highest BCUT2D eigenvalue weighted by atomic mass is 16.6. The molecule has 0 saturated heterocycles. The van der Waals surface area contributed by atoms with Gasteiger partial charge in [-0.25, -0.2) is 4.79 Å². The number of aryl methyl sites for hydroxylation is 1. The molecule has 142 valence electrons. The predicted octanol–water partition coefficient (Wildman–Crippen LogP) is 4.30. The van der Waals surface area contributed by atoms with Crippen molar-refractivity contribution in [3.8, 4) is 0 Å². The fourth-order valence-electron chi connectivity index (χ4n) is 3.41. The Hall–Kier alpha value is -2.82. The second kappa shape index (κ2) is 9.76. The molecule has 1 fully saturated rings. The summed E-state index contributed by atoms with van der Waals surface area (Å²) in [7, 11) is 0. The van der Waals surface area contributed by atoms with Gasteiger partial charge in [0.15, 0.2) is 0 Å². The first-order valence-electron chi connectivity index (χ1n) is 9.55. The van der Waals surface area contributed by atoms with E-state index in [4.69, 9.17) is 4.74 Å². The zero-order valence-electron chi connectivity index (χ0n) is 15.4. The number of hydrogen-bond donors (Lipinski definition) is 2. The summed E-state index contributed by atoms with van der Waals surface area (Å²) in [6.45, 7) is 0. The molecule has 2 N–H and O–H groups in total. The summed E-state index contributed by atoms with van der Waals surface area (Å²) in [4.78, 5) is 24.3. The van der Waals surface area contributed by atoms with Gasteiger partial charge in [-0.15, -0.1) is 0 Å². The summed E-state index contributed by atoms with van der Waals surface area (Å²) < 4.78 is 5.54. The summed E-state index contributed by atoms with van der Waals surface area (Å²) >= 11 is 0. The molecule has 2 unspecified atom stereocenters. The molecular weight excluding hydrogens is 340 g/mol. The van der Waals surface area contributed by atoms with Crippen molar-refractivity contribution in [3.63, 3.8) is 0 Å². The number of benzene rings is 2. The molecule has 2 amide bonds. The van der Waals surface area contributed by atoms with Gasteiger partial charge in [0.2, 0.25) is 5.91 Å². The van der Waals surface area contributed by atoms with E-state index in [-0.39, 0.29) is 18.1 Å². The van der Waals surface area contributed by atoms with Crippen LogP contribution in [0.15, 0.2) is 60.7 Å². The summed E-state index contributed by atoms with van der Waals surface area (Å²) in [5.41, 5.74) is 1.87. The number of hydrogen-bond acceptors (Lipinski definition) is 3.